The van der Waals surface area contributed by atoms with Crippen LogP contribution in [0, 0.1) is 6.92 Å². The summed E-state index contributed by atoms with van der Waals surface area (Å²) in [5, 5.41) is 2.58. The summed E-state index contributed by atoms with van der Waals surface area (Å²) in [4.78, 5) is 12.9. The van der Waals surface area contributed by atoms with Crippen LogP contribution in [-0.4, -0.2) is 20.9 Å². The predicted octanol–water partition coefficient (Wildman–Crippen LogP) is 7.71. The Balaban J connectivity index is 1.65. The summed E-state index contributed by atoms with van der Waals surface area (Å²) in [6, 6.07) is 13.2. The fraction of sp³-hybridized carbons (Fsp3) is 0.192. The third-order valence-corrected chi connectivity index (χ3v) is 8.79. The van der Waals surface area contributed by atoms with E-state index >= 15 is 0 Å². The summed E-state index contributed by atoms with van der Waals surface area (Å²) in [5.41, 5.74) is -2.56. The molecule has 206 valence electrons. The highest BCUT2D eigenvalue weighted by molar-refractivity contribution is 7.92. The maximum Gasteiger partial charge on any atom is 0.416 e. The van der Waals surface area contributed by atoms with Gasteiger partial charge in [0.15, 0.2) is 0 Å². The van der Waals surface area contributed by atoms with Crippen LogP contribution in [0.5, 0.6) is 0 Å². The number of anilines is 2. The van der Waals surface area contributed by atoms with Crippen LogP contribution in [0.15, 0.2) is 71.6 Å². The number of carbonyl (C=O) groups excluding carboxylic acids is 1. The minimum Gasteiger partial charge on any atom is -0.321 e. The number of hydrogen-bond donors (Lipinski definition) is 1. The number of sulfonamides is 1. The fourth-order valence-corrected chi connectivity index (χ4v) is 6.25. The van der Waals surface area contributed by atoms with Gasteiger partial charge in [-0.05, 0) is 73.8 Å². The van der Waals surface area contributed by atoms with Gasteiger partial charge in [-0.25, -0.2) is 8.42 Å². The van der Waals surface area contributed by atoms with Crippen LogP contribution in [0.25, 0.3) is 10.1 Å². The highest BCUT2D eigenvalue weighted by Crippen LogP contribution is 2.38. The molecule has 0 saturated heterocycles. The van der Waals surface area contributed by atoms with Gasteiger partial charge in [-0.3, -0.25) is 9.10 Å². The minimum absolute atomic E-state index is 0.0116. The zero-order chi connectivity index (χ0) is 28.8. The van der Waals surface area contributed by atoms with Gasteiger partial charge in [0, 0.05) is 16.9 Å². The number of rotatable bonds is 6. The van der Waals surface area contributed by atoms with Crippen molar-refractivity contribution in [1.82, 2.24) is 0 Å². The lowest BCUT2D eigenvalue weighted by Gasteiger charge is -2.23. The van der Waals surface area contributed by atoms with Crippen LogP contribution in [0.4, 0.5) is 37.7 Å². The molecule has 1 aromatic heterocycles. The Kier molecular flexibility index (Phi) is 7.43. The maximum atomic E-state index is 13.2. The van der Waals surface area contributed by atoms with E-state index < -0.39 is 45.1 Å². The van der Waals surface area contributed by atoms with Gasteiger partial charge in [-0.2, -0.15) is 26.3 Å². The number of thiophene rings is 1. The zero-order valence-corrected chi connectivity index (χ0v) is 21.9. The van der Waals surface area contributed by atoms with Crippen molar-refractivity contribution in [2.24, 2.45) is 0 Å². The third kappa shape index (κ3) is 6.04. The summed E-state index contributed by atoms with van der Waals surface area (Å²) in [5.74, 6) is -0.912. The van der Waals surface area contributed by atoms with Crippen molar-refractivity contribution in [3.8, 4) is 0 Å². The Morgan fingerprint density at radius 1 is 0.872 bits per heavy atom. The first-order valence-corrected chi connectivity index (χ1v) is 13.6. The average molecular weight is 587 g/mol. The molecule has 1 N–H and O–H groups in total. The zero-order valence-electron chi connectivity index (χ0n) is 20.3. The lowest BCUT2D eigenvalue weighted by molar-refractivity contribution is -0.143. The van der Waals surface area contributed by atoms with Gasteiger partial charge in [-0.1, -0.05) is 17.7 Å². The molecular weight excluding hydrogens is 566 g/mol. The van der Waals surface area contributed by atoms with Gasteiger partial charge in [0.25, 0.3) is 15.9 Å². The number of benzene rings is 3. The maximum absolute atomic E-state index is 13.2. The van der Waals surface area contributed by atoms with Crippen molar-refractivity contribution in [2.45, 2.75) is 31.1 Å². The monoisotopic (exact) mass is 586 g/mol. The van der Waals surface area contributed by atoms with Crippen molar-refractivity contribution >= 4 is 48.7 Å². The molecule has 0 bridgehead atoms. The average Bonchev–Trinajstić information content (AvgIpc) is 3.27. The van der Waals surface area contributed by atoms with Gasteiger partial charge >= 0.3 is 12.4 Å². The Morgan fingerprint density at radius 2 is 1.46 bits per heavy atom. The molecule has 4 rings (SSSR count). The predicted molar refractivity (Wildman–Crippen MR) is 138 cm³/mol. The van der Waals surface area contributed by atoms with E-state index in [1.54, 1.807) is 37.3 Å². The van der Waals surface area contributed by atoms with Crippen LogP contribution < -0.4 is 9.62 Å². The number of hydrogen-bond acceptors (Lipinski definition) is 4. The summed E-state index contributed by atoms with van der Waals surface area (Å²) in [6.45, 7) is 3.59. The fourth-order valence-electron chi connectivity index (χ4n) is 3.85. The normalized spacial score (nSPS) is 12.5. The molecule has 5 nitrogen and oxygen atoms in total. The van der Waals surface area contributed by atoms with E-state index in [0.717, 1.165) is 16.9 Å². The molecule has 0 fully saturated rings. The first-order valence-electron chi connectivity index (χ1n) is 11.3. The van der Waals surface area contributed by atoms with Gasteiger partial charge in [0.05, 0.1) is 26.6 Å². The number of carbonyl (C=O) groups is 1. The van der Waals surface area contributed by atoms with E-state index in [-0.39, 0.29) is 22.4 Å². The van der Waals surface area contributed by atoms with Crippen LogP contribution in [-0.2, 0) is 22.4 Å². The number of halogens is 6. The molecule has 0 unspecified atom stereocenters. The van der Waals surface area contributed by atoms with Gasteiger partial charge in [0.1, 0.15) is 0 Å². The highest BCUT2D eigenvalue weighted by atomic mass is 32.2. The minimum atomic E-state index is -5.06. The van der Waals surface area contributed by atoms with E-state index in [9.17, 15) is 39.6 Å². The van der Waals surface area contributed by atoms with E-state index in [0.29, 0.717) is 27.9 Å². The van der Waals surface area contributed by atoms with Crippen molar-refractivity contribution in [1.29, 1.82) is 0 Å². The van der Waals surface area contributed by atoms with Crippen molar-refractivity contribution in [2.75, 3.05) is 16.2 Å². The summed E-state index contributed by atoms with van der Waals surface area (Å²) in [6.07, 6.45) is -10.1. The number of nitrogens with one attached hydrogen (secondary N) is 1. The molecule has 0 spiro atoms. The number of nitrogens with zero attached hydrogens (tertiary/aromatic N) is 1. The molecule has 1 heterocycles. The molecule has 39 heavy (non-hydrogen) atoms. The standard InChI is InChI=1S/C26H20F6N2O3S2/c1-3-34(39(36,37)21-7-4-15(2)5-8-21)20-6-9-22-16(10-20)11-23(38-22)24(35)33-19-13-17(25(27,28)29)12-18(14-19)26(30,31)32/h4-14H,3H2,1-2H3,(H,33,35). The second kappa shape index (κ2) is 10.2. The first-order chi connectivity index (χ1) is 18.1. The summed E-state index contributed by atoms with van der Waals surface area (Å²) in [7, 11) is -3.90. The number of aryl methyl sites for hydroxylation is 1. The number of amides is 1. The van der Waals surface area contributed by atoms with Crippen LogP contribution >= 0.6 is 11.3 Å². The SMILES string of the molecule is CCN(c1ccc2sc(C(=O)Nc3cc(C(F)(F)F)cc(C(F)(F)F)c3)cc2c1)S(=O)(=O)c1ccc(C)cc1. The van der Waals surface area contributed by atoms with Gasteiger partial charge in [0.2, 0.25) is 0 Å². The first kappa shape index (κ1) is 28.4. The Bertz CT molecular complexity index is 1610. The molecule has 1 amide bonds. The van der Waals surface area contributed by atoms with E-state index in [1.165, 1.54) is 22.5 Å². The lowest BCUT2D eigenvalue weighted by Crippen LogP contribution is -2.30. The number of alkyl halides is 6. The van der Waals surface area contributed by atoms with Gasteiger partial charge in [-0.15, -0.1) is 11.3 Å². The van der Waals surface area contributed by atoms with Crippen molar-refractivity contribution in [3.05, 3.63) is 88.3 Å². The molecule has 0 saturated carbocycles. The molecule has 3 aromatic carbocycles. The van der Waals surface area contributed by atoms with Crippen LogP contribution in [0.3, 0.4) is 0 Å². The molecule has 0 aliphatic heterocycles. The molecule has 0 aliphatic rings. The van der Waals surface area contributed by atoms with Crippen molar-refractivity contribution in [3.63, 3.8) is 0 Å². The largest absolute Gasteiger partial charge is 0.416 e. The smallest absolute Gasteiger partial charge is 0.321 e. The molecule has 0 aliphatic carbocycles. The summed E-state index contributed by atoms with van der Waals surface area (Å²) < 4.78 is 107. The second-order valence-electron chi connectivity index (χ2n) is 8.56. The molecule has 0 radical (unpaired) electrons. The Hall–Kier alpha value is -3.58. The molecule has 4 aromatic rings. The quantitative estimate of drug-likeness (QED) is 0.235. The van der Waals surface area contributed by atoms with E-state index in [2.05, 4.69) is 5.32 Å². The van der Waals surface area contributed by atoms with Crippen LogP contribution in [0.2, 0.25) is 0 Å². The topological polar surface area (TPSA) is 66.5 Å². The Morgan fingerprint density at radius 3 is 2.00 bits per heavy atom. The number of fused-ring (bicyclic) bond motifs is 1. The molecule has 0 atom stereocenters. The molecular formula is C26H20F6N2O3S2. The second-order valence-corrected chi connectivity index (χ2v) is 11.5. The summed E-state index contributed by atoms with van der Waals surface area (Å²) >= 11 is 0.953. The van der Waals surface area contributed by atoms with Crippen molar-refractivity contribution < 1.29 is 39.6 Å². The highest BCUT2D eigenvalue weighted by Gasteiger charge is 2.37. The van der Waals surface area contributed by atoms with Crippen LogP contribution in [0.1, 0.15) is 33.3 Å². The van der Waals surface area contributed by atoms with E-state index in [1.807, 2.05) is 6.92 Å². The Labute approximate surface area is 223 Å². The molecule has 13 heteroatoms. The third-order valence-electron chi connectivity index (χ3n) is 5.75. The van der Waals surface area contributed by atoms with E-state index in [4.69, 9.17) is 0 Å². The lowest BCUT2D eigenvalue weighted by atomic mass is 10.1. The van der Waals surface area contributed by atoms with Gasteiger partial charge < -0.3 is 5.32 Å².